The van der Waals surface area contributed by atoms with Crippen LogP contribution in [0.4, 0.5) is 0 Å². The van der Waals surface area contributed by atoms with Crippen LogP contribution in [-0.2, 0) is 0 Å². The van der Waals surface area contributed by atoms with Gasteiger partial charge in [0, 0.05) is 6.20 Å². The molecule has 0 saturated carbocycles. The highest BCUT2D eigenvalue weighted by molar-refractivity contribution is 5.38. The lowest BCUT2D eigenvalue weighted by atomic mass is 10.0. The summed E-state index contributed by atoms with van der Waals surface area (Å²) in [4.78, 5) is 3.66. The largest absolute Gasteiger partial charge is 0.273 e. The van der Waals surface area contributed by atoms with Gasteiger partial charge in [0.2, 0.25) is 0 Å². The first-order chi connectivity index (χ1) is 5.84. The van der Waals surface area contributed by atoms with Crippen molar-refractivity contribution in [2.45, 2.75) is 13.3 Å². The van der Waals surface area contributed by atoms with Crippen LogP contribution >= 0.6 is 0 Å². The second kappa shape index (κ2) is 4.50. The van der Waals surface area contributed by atoms with Crippen LogP contribution in [0.3, 0.4) is 0 Å². The third kappa shape index (κ3) is 2.35. The van der Waals surface area contributed by atoms with Crippen LogP contribution in [0.1, 0.15) is 13.3 Å². The first-order valence-corrected chi connectivity index (χ1v) is 4.00. The molecule has 1 heteroatoms. The summed E-state index contributed by atoms with van der Waals surface area (Å²) in [5, 5.41) is 0. The maximum Gasteiger partial charge on any atom is 0.0263 e. The standard InChI is InChI=1S/C11H13N/c1-10(8-9-12-2)11-6-4-3-5-7-11/h3-6,8-9H,2,7H2,1H3/b9-8-,11-10-. The Morgan fingerprint density at radius 1 is 1.58 bits per heavy atom. The van der Waals surface area contributed by atoms with Crippen LogP contribution < -0.4 is 0 Å². The second-order valence-electron chi connectivity index (χ2n) is 2.70. The molecule has 62 valence electrons. The molecular formula is C11H13N. The van der Waals surface area contributed by atoms with E-state index in [1.165, 1.54) is 11.1 Å². The monoisotopic (exact) mass is 159 g/mol. The van der Waals surface area contributed by atoms with Gasteiger partial charge < -0.3 is 0 Å². The molecule has 0 aromatic rings. The zero-order valence-electron chi connectivity index (χ0n) is 7.33. The molecule has 0 saturated heterocycles. The van der Waals surface area contributed by atoms with Gasteiger partial charge in [-0.2, -0.15) is 0 Å². The molecule has 0 unspecified atom stereocenters. The molecule has 0 atom stereocenters. The van der Waals surface area contributed by atoms with Crippen molar-refractivity contribution < 1.29 is 0 Å². The van der Waals surface area contributed by atoms with E-state index in [0.717, 1.165) is 6.42 Å². The molecular weight excluding hydrogens is 146 g/mol. The molecule has 0 aromatic carbocycles. The van der Waals surface area contributed by atoms with Crippen molar-refractivity contribution in [2.75, 3.05) is 0 Å². The van der Waals surface area contributed by atoms with E-state index < -0.39 is 0 Å². The molecule has 0 amide bonds. The minimum absolute atomic E-state index is 1.02. The number of hydrogen-bond donors (Lipinski definition) is 0. The van der Waals surface area contributed by atoms with Crippen LogP contribution in [0, 0.1) is 0 Å². The zero-order chi connectivity index (χ0) is 8.81. The number of rotatable bonds is 2. The van der Waals surface area contributed by atoms with Gasteiger partial charge in [0.05, 0.1) is 0 Å². The van der Waals surface area contributed by atoms with Gasteiger partial charge in [0.1, 0.15) is 0 Å². The summed E-state index contributed by atoms with van der Waals surface area (Å²) >= 11 is 0. The van der Waals surface area contributed by atoms with Gasteiger partial charge in [-0.1, -0.05) is 24.3 Å². The van der Waals surface area contributed by atoms with E-state index in [1.807, 2.05) is 6.08 Å². The average Bonchev–Trinajstić information content (AvgIpc) is 2.15. The van der Waals surface area contributed by atoms with Gasteiger partial charge in [-0.3, -0.25) is 4.99 Å². The predicted octanol–water partition coefficient (Wildman–Crippen LogP) is 3.03. The molecule has 0 heterocycles. The molecule has 1 rings (SSSR count). The Bertz CT molecular complexity index is 277. The highest BCUT2D eigenvalue weighted by Crippen LogP contribution is 2.15. The average molecular weight is 159 g/mol. The first kappa shape index (κ1) is 8.72. The molecule has 1 aliphatic rings. The summed E-state index contributed by atoms with van der Waals surface area (Å²) in [5.74, 6) is 0. The number of hydrogen-bond acceptors (Lipinski definition) is 1. The van der Waals surface area contributed by atoms with Crippen molar-refractivity contribution in [1.82, 2.24) is 0 Å². The molecule has 0 aromatic heterocycles. The fraction of sp³-hybridized carbons (Fsp3) is 0.182. The summed E-state index contributed by atoms with van der Waals surface area (Å²) < 4.78 is 0. The van der Waals surface area contributed by atoms with Crippen LogP contribution in [0.5, 0.6) is 0 Å². The van der Waals surface area contributed by atoms with E-state index in [4.69, 9.17) is 0 Å². The van der Waals surface area contributed by atoms with E-state index in [9.17, 15) is 0 Å². The molecule has 0 bridgehead atoms. The minimum atomic E-state index is 1.02. The Morgan fingerprint density at radius 2 is 2.42 bits per heavy atom. The van der Waals surface area contributed by atoms with Gasteiger partial charge >= 0.3 is 0 Å². The number of allylic oxidation sites excluding steroid dienone is 7. The van der Waals surface area contributed by atoms with Crippen molar-refractivity contribution in [3.05, 3.63) is 47.7 Å². The van der Waals surface area contributed by atoms with Gasteiger partial charge in [-0.05, 0) is 37.3 Å². The third-order valence-electron chi connectivity index (χ3n) is 1.82. The normalized spacial score (nSPS) is 20.1. The van der Waals surface area contributed by atoms with E-state index in [-0.39, 0.29) is 0 Å². The second-order valence-corrected chi connectivity index (χ2v) is 2.70. The fourth-order valence-electron chi connectivity index (χ4n) is 1.08. The maximum absolute atomic E-state index is 3.66. The quantitative estimate of drug-likeness (QED) is 0.549. The summed E-state index contributed by atoms with van der Waals surface area (Å²) in [7, 11) is 0. The lowest BCUT2D eigenvalue weighted by Gasteiger charge is -2.04. The predicted molar refractivity (Wildman–Crippen MR) is 54.3 cm³/mol. The van der Waals surface area contributed by atoms with E-state index in [0.29, 0.717) is 0 Å². The lowest BCUT2D eigenvalue weighted by molar-refractivity contribution is 1.21. The third-order valence-corrected chi connectivity index (χ3v) is 1.82. The summed E-state index contributed by atoms with van der Waals surface area (Å²) in [6.45, 7) is 5.47. The molecule has 0 radical (unpaired) electrons. The number of nitrogens with zero attached hydrogens (tertiary/aromatic N) is 1. The highest BCUT2D eigenvalue weighted by Gasteiger charge is 1.95. The summed E-state index contributed by atoms with van der Waals surface area (Å²) in [6.07, 6.45) is 13.1. The molecule has 0 aliphatic heterocycles. The Morgan fingerprint density at radius 3 is 3.00 bits per heavy atom. The minimum Gasteiger partial charge on any atom is -0.273 e. The zero-order valence-corrected chi connectivity index (χ0v) is 7.33. The summed E-state index contributed by atoms with van der Waals surface area (Å²) in [6, 6.07) is 0. The van der Waals surface area contributed by atoms with Crippen LogP contribution in [0.15, 0.2) is 52.7 Å². The van der Waals surface area contributed by atoms with E-state index in [2.05, 4.69) is 42.9 Å². The summed E-state index contributed by atoms with van der Waals surface area (Å²) in [5.41, 5.74) is 2.60. The maximum atomic E-state index is 3.66. The van der Waals surface area contributed by atoms with Gasteiger partial charge in [-0.15, -0.1) is 0 Å². The van der Waals surface area contributed by atoms with Crippen LogP contribution in [0.25, 0.3) is 0 Å². The topological polar surface area (TPSA) is 12.4 Å². The molecule has 0 N–H and O–H groups in total. The SMILES string of the molecule is C=N/C=C\C(C)=C1\C=CC=CC1. The number of aliphatic imine (C=N–C) groups is 1. The Balaban J connectivity index is 2.76. The fourth-order valence-corrected chi connectivity index (χ4v) is 1.08. The lowest BCUT2D eigenvalue weighted by Crippen LogP contribution is -1.84. The molecule has 1 nitrogen and oxygen atoms in total. The molecule has 0 spiro atoms. The van der Waals surface area contributed by atoms with Crippen molar-refractivity contribution in [3.63, 3.8) is 0 Å². The first-order valence-electron chi connectivity index (χ1n) is 4.00. The Kier molecular flexibility index (Phi) is 3.27. The van der Waals surface area contributed by atoms with Gasteiger partial charge in [0.25, 0.3) is 0 Å². The van der Waals surface area contributed by atoms with Crippen molar-refractivity contribution in [3.8, 4) is 0 Å². The van der Waals surface area contributed by atoms with E-state index in [1.54, 1.807) is 6.20 Å². The highest BCUT2D eigenvalue weighted by atomic mass is 14.6. The van der Waals surface area contributed by atoms with Gasteiger partial charge in [-0.25, -0.2) is 0 Å². The van der Waals surface area contributed by atoms with Crippen LogP contribution in [0.2, 0.25) is 0 Å². The smallest absolute Gasteiger partial charge is 0.0263 e. The molecule has 12 heavy (non-hydrogen) atoms. The van der Waals surface area contributed by atoms with Crippen molar-refractivity contribution in [1.29, 1.82) is 0 Å². The Labute approximate surface area is 73.5 Å². The van der Waals surface area contributed by atoms with Crippen molar-refractivity contribution in [2.24, 2.45) is 4.99 Å². The molecule has 1 aliphatic carbocycles. The Hall–Kier alpha value is -1.37. The molecule has 0 fully saturated rings. The van der Waals surface area contributed by atoms with Crippen molar-refractivity contribution >= 4 is 6.72 Å². The van der Waals surface area contributed by atoms with Crippen LogP contribution in [-0.4, -0.2) is 6.72 Å². The van der Waals surface area contributed by atoms with E-state index >= 15 is 0 Å². The van der Waals surface area contributed by atoms with Gasteiger partial charge in [0.15, 0.2) is 0 Å².